The molecule has 0 heterocycles. The molecule has 2 amide bonds. The number of rotatable bonds is 11. The van der Waals surface area contributed by atoms with E-state index in [0.29, 0.717) is 5.56 Å². The van der Waals surface area contributed by atoms with Crippen LogP contribution in [0.4, 0.5) is 10.1 Å². The second-order valence-electron chi connectivity index (χ2n) is 10.8. The van der Waals surface area contributed by atoms with Gasteiger partial charge in [-0.25, -0.2) is 12.8 Å². The maximum atomic E-state index is 14.2. The summed E-state index contributed by atoms with van der Waals surface area (Å²) < 4.78 is 42.7. The van der Waals surface area contributed by atoms with Gasteiger partial charge >= 0.3 is 0 Å². The van der Waals surface area contributed by atoms with E-state index in [9.17, 15) is 22.4 Å². The molecule has 1 aliphatic rings. The Bertz CT molecular complexity index is 1530. The van der Waals surface area contributed by atoms with E-state index >= 15 is 0 Å². The topological polar surface area (TPSA) is 86.8 Å². The maximum Gasteiger partial charge on any atom is 0.264 e. The number of hydrogen-bond acceptors (Lipinski definition) is 4. The number of hydrogen-bond donors (Lipinski definition) is 1. The normalized spacial score (nSPS) is 14.6. The summed E-state index contributed by atoms with van der Waals surface area (Å²) in [5.74, 6) is -1.37. The van der Waals surface area contributed by atoms with E-state index in [4.69, 9.17) is 23.2 Å². The first-order valence-corrected chi connectivity index (χ1v) is 16.6. The van der Waals surface area contributed by atoms with Crippen LogP contribution < -0.4 is 9.62 Å². The minimum atomic E-state index is -4.30. The molecule has 0 radical (unpaired) electrons. The fourth-order valence-corrected chi connectivity index (χ4v) is 7.16. The van der Waals surface area contributed by atoms with Crippen molar-refractivity contribution in [2.45, 2.75) is 75.9 Å². The van der Waals surface area contributed by atoms with Crippen LogP contribution in [0.1, 0.15) is 56.6 Å². The number of halogens is 3. The molecule has 4 rings (SSSR count). The summed E-state index contributed by atoms with van der Waals surface area (Å²) in [5.41, 5.74) is 1.49. The van der Waals surface area contributed by atoms with Gasteiger partial charge < -0.3 is 10.2 Å². The minimum Gasteiger partial charge on any atom is -0.352 e. The molecule has 0 aromatic heterocycles. The van der Waals surface area contributed by atoms with Crippen LogP contribution in [0.3, 0.4) is 0 Å². The van der Waals surface area contributed by atoms with Gasteiger partial charge in [-0.1, -0.05) is 85.3 Å². The highest BCUT2D eigenvalue weighted by Crippen LogP contribution is 2.35. The Balaban J connectivity index is 1.73. The van der Waals surface area contributed by atoms with E-state index in [1.54, 1.807) is 25.1 Å². The molecule has 7 nitrogen and oxygen atoms in total. The number of carbonyl (C=O) groups excluding carboxylic acids is 2. The van der Waals surface area contributed by atoms with Crippen molar-refractivity contribution in [1.29, 1.82) is 0 Å². The Morgan fingerprint density at radius 1 is 0.977 bits per heavy atom. The summed E-state index contributed by atoms with van der Waals surface area (Å²) in [4.78, 5) is 29.1. The second kappa shape index (κ2) is 14.6. The van der Waals surface area contributed by atoms with Crippen molar-refractivity contribution in [3.05, 3.63) is 93.7 Å². The highest BCUT2D eigenvalue weighted by atomic mass is 35.5. The fourth-order valence-electron chi connectivity index (χ4n) is 5.29. The summed E-state index contributed by atoms with van der Waals surface area (Å²) in [6.07, 6.45) is 5.18. The first-order chi connectivity index (χ1) is 20.5. The SMILES string of the molecule is CC[C@H](C(=O)NC1CCCCC1)N(Cc1ccc(F)cc1)C(=O)CN(c1cccc(Cl)c1Cl)S(=O)(=O)c1ccc(C)cc1. The maximum absolute atomic E-state index is 14.2. The van der Waals surface area contributed by atoms with Gasteiger partial charge in [-0.15, -0.1) is 0 Å². The molecule has 230 valence electrons. The molecule has 1 N–H and O–H groups in total. The van der Waals surface area contributed by atoms with E-state index in [2.05, 4.69) is 5.32 Å². The number of nitrogens with one attached hydrogen (secondary N) is 1. The molecule has 1 fully saturated rings. The van der Waals surface area contributed by atoms with Gasteiger partial charge in [0.1, 0.15) is 18.4 Å². The Kier molecular flexibility index (Phi) is 11.1. The van der Waals surface area contributed by atoms with Gasteiger partial charge in [0.05, 0.1) is 20.6 Å². The molecule has 1 atom stereocenters. The van der Waals surface area contributed by atoms with E-state index < -0.39 is 34.3 Å². The van der Waals surface area contributed by atoms with Gasteiger partial charge in [0, 0.05) is 12.6 Å². The highest BCUT2D eigenvalue weighted by molar-refractivity contribution is 7.92. The molecule has 1 aliphatic carbocycles. The Hall–Kier alpha value is -3.14. The quantitative estimate of drug-likeness (QED) is 0.245. The van der Waals surface area contributed by atoms with Gasteiger partial charge in [0.15, 0.2) is 0 Å². The van der Waals surface area contributed by atoms with Crippen LogP contribution in [0.5, 0.6) is 0 Å². The molecular weight excluding hydrogens is 612 g/mol. The van der Waals surface area contributed by atoms with Gasteiger partial charge in [-0.2, -0.15) is 0 Å². The Labute approximate surface area is 263 Å². The van der Waals surface area contributed by atoms with Crippen LogP contribution >= 0.6 is 23.2 Å². The predicted molar refractivity (Wildman–Crippen MR) is 168 cm³/mol. The van der Waals surface area contributed by atoms with Crippen LogP contribution in [0.2, 0.25) is 10.0 Å². The minimum absolute atomic E-state index is 0.0155. The zero-order valence-electron chi connectivity index (χ0n) is 24.2. The van der Waals surface area contributed by atoms with Crippen molar-refractivity contribution in [2.75, 3.05) is 10.8 Å². The molecule has 3 aromatic carbocycles. The molecule has 3 aromatic rings. The van der Waals surface area contributed by atoms with Crippen molar-refractivity contribution in [2.24, 2.45) is 0 Å². The summed E-state index contributed by atoms with van der Waals surface area (Å²) in [7, 11) is -4.30. The smallest absolute Gasteiger partial charge is 0.264 e. The number of anilines is 1. The second-order valence-corrected chi connectivity index (χ2v) is 13.5. The predicted octanol–water partition coefficient (Wildman–Crippen LogP) is 6.89. The van der Waals surface area contributed by atoms with Crippen molar-refractivity contribution in [3.63, 3.8) is 0 Å². The Morgan fingerprint density at radius 3 is 2.26 bits per heavy atom. The van der Waals surface area contributed by atoms with Crippen LogP contribution in [-0.4, -0.2) is 43.8 Å². The third kappa shape index (κ3) is 8.08. The third-order valence-corrected chi connectivity index (χ3v) is 10.3. The van der Waals surface area contributed by atoms with Gasteiger partial charge in [-0.05, 0) is 68.1 Å². The lowest BCUT2D eigenvalue weighted by Crippen LogP contribution is -2.54. The average molecular weight is 649 g/mol. The van der Waals surface area contributed by atoms with Crippen molar-refractivity contribution >= 4 is 50.7 Å². The Morgan fingerprint density at radius 2 is 1.63 bits per heavy atom. The molecule has 0 saturated heterocycles. The summed E-state index contributed by atoms with van der Waals surface area (Å²) in [5, 5.41) is 3.19. The summed E-state index contributed by atoms with van der Waals surface area (Å²) in [6, 6.07) is 15.6. The molecule has 0 bridgehead atoms. The molecule has 0 aliphatic heterocycles. The van der Waals surface area contributed by atoms with Crippen LogP contribution in [0.15, 0.2) is 71.6 Å². The summed E-state index contributed by atoms with van der Waals surface area (Å²) >= 11 is 12.8. The highest BCUT2D eigenvalue weighted by Gasteiger charge is 2.35. The van der Waals surface area contributed by atoms with Crippen molar-refractivity contribution < 1.29 is 22.4 Å². The number of sulfonamides is 1. The molecule has 1 saturated carbocycles. The molecule has 11 heteroatoms. The lowest BCUT2D eigenvalue weighted by atomic mass is 9.95. The zero-order valence-corrected chi connectivity index (χ0v) is 26.6. The van der Waals surface area contributed by atoms with E-state index in [1.807, 2.05) is 6.92 Å². The average Bonchev–Trinajstić information content (AvgIpc) is 2.99. The number of carbonyl (C=O) groups is 2. The summed E-state index contributed by atoms with van der Waals surface area (Å²) in [6.45, 7) is 2.95. The zero-order chi connectivity index (χ0) is 31.1. The first-order valence-electron chi connectivity index (χ1n) is 14.4. The van der Waals surface area contributed by atoms with Crippen molar-refractivity contribution in [3.8, 4) is 0 Å². The van der Waals surface area contributed by atoms with Crippen LogP contribution in [-0.2, 0) is 26.2 Å². The number of aryl methyl sites for hydroxylation is 1. The van der Waals surface area contributed by atoms with Crippen LogP contribution in [0.25, 0.3) is 0 Å². The van der Waals surface area contributed by atoms with Crippen molar-refractivity contribution in [1.82, 2.24) is 10.2 Å². The van der Waals surface area contributed by atoms with E-state index in [-0.39, 0.29) is 45.5 Å². The lowest BCUT2D eigenvalue weighted by Gasteiger charge is -2.34. The molecular formula is C32H36Cl2FN3O4S. The van der Waals surface area contributed by atoms with Crippen LogP contribution in [0, 0.1) is 12.7 Å². The number of amides is 2. The van der Waals surface area contributed by atoms with E-state index in [1.165, 1.54) is 53.4 Å². The fraction of sp³-hybridized carbons (Fsp3) is 0.375. The number of nitrogens with zero attached hydrogens (tertiary/aromatic N) is 2. The van der Waals surface area contributed by atoms with Gasteiger partial charge in [0.25, 0.3) is 10.0 Å². The third-order valence-electron chi connectivity index (χ3n) is 7.69. The van der Waals surface area contributed by atoms with Gasteiger partial charge in [0.2, 0.25) is 11.8 Å². The lowest BCUT2D eigenvalue weighted by molar-refractivity contribution is -0.140. The molecule has 0 spiro atoms. The van der Waals surface area contributed by atoms with Gasteiger partial charge in [-0.3, -0.25) is 13.9 Å². The largest absolute Gasteiger partial charge is 0.352 e. The van der Waals surface area contributed by atoms with E-state index in [0.717, 1.165) is 42.0 Å². The standard InChI is InChI=1S/C32H36Cl2FN3O4S/c1-3-28(32(40)36-25-8-5-4-6-9-25)37(20-23-14-16-24(35)17-15-23)30(39)21-38(29-11-7-10-27(33)31(29)34)43(41,42)26-18-12-22(2)13-19-26/h7,10-19,25,28H,3-6,8-9,20-21H2,1-2H3,(H,36,40)/t28-/m1/s1. The number of benzene rings is 3. The monoisotopic (exact) mass is 647 g/mol. The first kappa shape index (κ1) is 32.8. The molecule has 43 heavy (non-hydrogen) atoms. The molecule has 0 unspecified atom stereocenters.